The molecule has 1 saturated carbocycles. The molecule has 1 fully saturated rings. The van der Waals surface area contributed by atoms with Gasteiger partial charge in [-0.05, 0) is 31.2 Å². The zero-order chi connectivity index (χ0) is 18.0. The summed E-state index contributed by atoms with van der Waals surface area (Å²) in [5.74, 6) is 0.756. The van der Waals surface area contributed by atoms with Crippen molar-refractivity contribution in [3.63, 3.8) is 0 Å². The summed E-state index contributed by atoms with van der Waals surface area (Å²) in [6.45, 7) is 1.83. The highest BCUT2D eigenvalue weighted by Gasteiger charge is 2.43. The average Bonchev–Trinajstić information content (AvgIpc) is 3.45. The predicted molar refractivity (Wildman–Crippen MR) is 117 cm³/mol. The second-order valence-corrected chi connectivity index (χ2v) is 6.74. The van der Waals surface area contributed by atoms with Gasteiger partial charge in [0.15, 0.2) is 5.96 Å². The molecular weight excluding hydrogens is 441 g/mol. The van der Waals surface area contributed by atoms with Crippen LogP contribution in [0, 0.1) is 0 Å². The van der Waals surface area contributed by atoms with Crippen LogP contribution in [0.4, 0.5) is 0 Å². The van der Waals surface area contributed by atoms with Gasteiger partial charge in [0.25, 0.3) is 0 Å². The normalized spacial score (nSPS) is 14.9. The van der Waals surface area contributed by atoms with E-state index in [2.05, 4.69) is 50.7 Å². The van der Waals surface area contributed by atoms with E-state index >= 15 is 0 Å². The molecule has 146 valence electrons. The zero-order valence-electron chi connectivity index (χ0n) is 15.9. The summed E-state index contributed by atoms with van der Waals surface area (Å²) >= 11 is 0. The number of esters is 1. The summed E-state index contributed by atoms with van der Waals surface area (Å²) < 4.78 is 4.64. The SMILES string of the molecule is CN=C(NCCCCCCC(=O)OC)NCC1(c2ccccc2)CC1.I. The number of ether oxygens (including phenoxy) is 1. The van der Waals surface area contributed by atoms with E-state index in [0.717, 1.165) is 44.7 Å². The molecule has 0 saturated heterocycles. The summed E-state index contributed by atoms with van der Waals surface area (Å²) in [5, 5.41) is 6.85. The van der Waals surface area contributed by atoms with Crippen LogP contribution in [-0.2, 0) is 14.9 Å². The fraction of sp³-hybridized carbons (Fsp3) is 0.600. The molecule has 0 aromatic heterocycles. The van der Waals surface area contributed by atoms with Crippen molar-refractivity contribution in [3.05, 3.63) is 35.9 Å². The number of carbonyl (C=O) groups is 1. The molecule has 0 spiro atoms. The minimum atomic E-state index is -0.116. The van der Waals surface area contributed by atoms with E-state index in [-0.39, 0.29) is 35.4 Å². The molecule has 0 amide bonds. The Balaban J connectivity index is 0.00000338. The molecule has 1 aliphatic rings. The van der Waals surface area contributed by atoms with Crippen LogP contribution in [0.5, 0.6) is 0 Å². The number of rotatable bonds is 10. The fourth-order valence-corrected chi connectivity index (χ4v) is 3.04. The van der Waals surface area contributed by atoms with E-state index in [1.54, 1.807) is 0 Å². The maximum Gasteiger partial charge on any atom is 0.305 e. The number of unbranched alkanes of at least 4 members (excludes halogenated alkanes) is 3. The van der Waals surface area contributed by atoms with Gasteiger partial charge in [0.05, 0.1) is 7.11 Å². The molecule has 1 aromatic rings. The molecule has 0 bridgehead atoms. The van der Waals surface area contributed by atoms with Crippen LogP contribution in [0.2, 0.25) is 0 Å². The highest BCUT2D eigenvalue weighted by molar-refractivity contribution is 14.0. The summed E-state index contributed by atoms with van der Waals surface area (Å²) in [6.07, 6.45) is 7.14. The van der Waals surface area contributed by atoms with Gasteiger partial charge in [0.1, 0.15) is 0 Å². The van der Waals surface area contributed by atoms with Crippen LogP contribution in [0.15, 0.2) is 35.3 Å². The minimum absolute atomic E-state index is 0. The van der Waals surface area contributed by atoms with Crippen LogP contribution < -0.4 is 10.6 Å². The zero-order valence-corrected chi connectivity index (χ0v) is 18.3. The maximum atomic E-state index is 11.0. The molecule has 0 unspecified atom stereocenters. The molecule has 2 rings (SSSR count). The van der Waals surface area contributed by atoms with E-state index in [9.17, 15) is 4.79 Å². The van der Waals surface area contributed by atoms with Crippen molar-refractivity contribution in [2.75, 3.05) is 27.2 Å². The van der Waals surface area contributed by atoms with E-state index in [1.165, 1.54) is 25.5 Å². The van der Waals surface area contributed by atoms with Crippen LogP contribution in [0.3, 0.4) is 0 Å². The number of nitrogens with one attached hydrogen (secondary N) is 2. The van der Waals surface area contributed by atoms with Gasteiger partial charge < -0.3 is 15.4 Å². The van der Waals surface area contributed by atoms with Gasteiger partial charge in [-0.25, -0.2) is 0 Å². The molecule has 26 heavy (non-hydrogen) atoms. The summed E-state index contributed by atoms with van der Waals surface area (Å²) in [7, 11) is 3.25. The Kier molecular flexibility index (Phi) is 10.6. The first kappa shape index (κ1) is 22.7. The van der Waals surface area contributed by atoms with Crippen LogP contribution in [0.1, 0.15) is 50.5 Å². The molecule has 2 N–H and O–H groups in total. The van der Waals surface area contributed by atoms with Crippen molar-refractivity contribution in [3.8, 4) is 0 Å². The highest BCUT2D eigenvalue weighted by Crippen LogP contribution is 2.47. The number of aliphatic imine (C=N–C) groups is 1. The molecule has 0 atom stereocenters. The average molecular weight is 473 g/mol. The first-order chi connectivity index (χ1) is 12.2. The second-order valence-electron chi connectivity index (χ2n) is 6.74. The molecule has 5 nitrogen and oxygen atoms in total. The third-order valence-corrected chi connectivity index (χ3v) is 4.89. The number of methoxy groups -OCH3 is 1. The van der Waals surface area contributed by atoms with E-state index < -0.39 is 0 Å². The van der Waals surface area contributed by atoms with Crippen molar-refractivity contribution in [1.29, 1.82) is 0 Å². The standard InChI is InChI=1S/C20H31N3O2.HI/c1-21-19(22-15-9-4-3-8-12-18(24)25-2)23-16-20(13-14-20)17-10-6-5-7-11-17;/h5-7,10-11H,3-4,8-9,12-16H2,1-2H3,(H2,21,22,23);1H. The lowest BCUT2D eigenvalue weighted by Crippen LogP contribution is -2.41. The summed E-state index contributed by atoms with van der Waals surface area (Å²) in [5.41, 5.74) is 1.70. The monoisotopic (exact) mass is 473 g/mol. The predicted octanol–water partition coefficient (Wildman–Crippen LogP) is 3.62. The minimum Gasteiger partial charge on any atom is -0.469 e. The Morgan fingerprint density at radius 3 is 2.42 bits per heavy atom. The number of carbonyl (C=O) groups excluding carboxylic acids is 1. The molecule has 0 radical (unpaired) electrons. The van der Waals surface area contributed by atoms with E-state index in [1.807, 2.05) is 7.05 Å². The van der Waals surface area contributed by atoms with Gasteiger partial charge in [-0.15, -0.1) is 24.0 Å². The number of halogens is 1. The number of hydrogen-bond acceptors (Lipinski definition) is 3. The molecule has 1 aromatic carbocycles. The molecular formula is C20H32IN3O2. The van der Waals surface area contributed by atoms with Crippen molar-refractivity contribution >= 4 is 35.9 Å². The molecule has 6 heteroatoms. The Bertz CT molecular complexity index is 559. The number of nitrogens with zero attached hydrogens (tertiary/aromatic N) is 1. The quantitative estimate of drug-likeness (QED) is 0.179. The molecule has 0 aliphatic heterocycles. The third kappa shape index (κ3) is 7.51. The van der Waals surface area contributed by atoms with Crippen molar-refractivity contribution < 1.29 is 9.53 Å². The maximum absolute atomic E-state index is 11.0. The topological polar surface area (TPSA) is 62.7 Å². The Morgan fingerprint density at radius 2 is 1.81 bits per heavy atom. The fourth-order valence-electron chi connectivity index (χ4n) is 3.04. The van der Waals surface area contributed by atoms with Crippen LogP contribution >= 0.6 is 24.0 Å². The number of hydrogen-bond donors (Lipinski definition) is 2. The third-order valence-electron chi connectivity index (χ3n) is 4.89. The lowest BCUT2D eigenvalue weighted by molar-refractivity contribution is -0.140. The Labute approximate surface area is 174 Å². The number of guanidine groups is 1. The Hall–Kier alpha value is -1.31. The van der Waals surface area contributed by atoms with E-state index in [4.69, 9.17) is 0 Å². The van der Waals surface area contributed by atoms with E-state index in [0.29, 0.717) is 6.42 Å². The van der Waals surface area contributed by atoms with Gasteiger partial charge in [0, 0.05) is 32.0 Å². The van der Waals surface area contributed by atoms with Gasteiger partial charge in [0.2, 0.25) is 0 Å². The van der Waals surface area contributed by atoms with Crippen molar-refractivity contribution in [2.24, 2.45) is 4.99 Å². The first-order valence-corrected chi connectivity index (χ1v) is 9.27. The smallest absolute Gasteiger partial charge is 0.305 e. The second kappa shape index (κ2) is 12.1. The van der Waals surface area contributed by atoms with Gasteiger partial charge >= 0.3 is 5.97 Å². The largest absolute Gasteiger partial charge is 0.469 e. The summed E-state index contributed by atoms with van der Waals surface area (Å²) in [4.78, 5) is 15.3. The van der Waals surface area contributed by atoms with Gasteiger partial charge in [-0.3, -0.25) is 9.79 Å². The molecule has 0 heterocycles. The molecule has 1 aliphatic carbocycles. The van der Waals surface area contributed by atoms with Crippen molar-refractivity contribution in [1.82, 2.24) is 10.6 Å². The van der Waals surface area contributed by atoms with Crippen molar-refractivity contribution in [2.45, 2.75) is 50.4 Å². The Morgan fingerprint density at radius 1 is 1.12 bits per heavy atom. The van der Waals surface area contributed by atoms with Gasteiger partial charge in [-0.1, -0.05) is 43.2 Å². The van der Waals surface area contributed by atoms with Crippen LogP contribution in [-0.4, -0.2) is 39.2 Å². The summed E-state index contributed by atoms with van der Waals surface area (Å²) in [6, 6.07) is 10.7. The lowest BCUT2D eigenvalue weighted by Gasteiger charge is -2.19. The van der Waals surface area contributed by atoms with Gasteiger partial charge in [-0.2, -0.15) is 0 Å². The highest BCUT2D eigenvalue weighted by atomic mass is 127. The van der Waals surface area contributed by atoms with Crippen LogP contribution in [0.25, 0.3) is 0 Å². The first-order valence-electron chi connectivity index (χ1n) is 9.27. The lowest BCUT2D eigenvalue weighted by atomic mass is 9.96. The number of benzene rings is 1.